The number of carbonyl (C=O) groups is 1. The maximum absolute atomic E-state index is 11.9. The normalized spacial score (nSPS) is 11.1. The van der Waals surface area contributed by atoms with Gasteiger partial charge in [0.25, 0.3) is 0 Å². The molecule has 0 amide bonds. The highest BCUT2D eigenvalue weighted by Gasteiger charge is 2.08. The number of benzene rings is 1. The molecule has 0 atom stereocenters. The number of fused-ring (bicyclic) bond motifs is 1. The predicted molar refractivity (Wildman–Crippen MR) is 101 cm³/mol. The molecule has 0 fully saturated rings. The van der Waals surface area contributed by atoms with E-state index in [-0.39, 0.29) is 29.6 Å². The SMILES string of the molecule is Cc1csc(=O)n1CCCC(=O)OCCCn1c(=O)[nH]c2ccccc21. The van der Waals surface area contributed by atoms with Crippen LogP contribution in [0.4, 0.5) is 0 Å². The summed E-state index contributed by atoms with van der Waals surface area (Å²) in [5.74, 6) is -0.280. The lowest BCUT2D eigenvalue weighted by Gasteiger charge is -2.07. The first kappa shape index (κ1) is 18.2. The molecule has 138 valence electrons. The molecule has 0 radical (unpaired) electrons. The maximum Gasteiger partial charge on any atom is 0.326 e. The molecule has 2 heterocycles. The number of para-hydroxylation sites is 2. The molecule has 0 aliphatic rings. The van der Waals surface area contributed by atoms with E-state index in [2.05, 4.69) is 4.98 Å². The van der Waals surface area contributed by atoms with Crippen molar-refractivity contribution in [2.24, 2.45) is 0 Å². The number of esters is 1. The summed E-state index contributed by atoms with van der Waals surface area (Å²) in [6, 6.07) is 7.49. The molecule has 8 heteroatoms. The van der Waals surface area contributed by atoms with E-state index in [1.807, 2.05) is 36.6 Å². The summed E-state index contributed by atoms with van der Waals surface area (Å²) in [5, 5.41) is 1.81. The van der Waals surface area contributed by atoms with Gasteiger partial charge in [0.15, 0.2) is 0 Å². The quantitative estimate of drug-likeness (QED) is 0.483. The second-order valence-electron chi connectivity index (χ2n) is 6.07. The second kappa shape index (κ2) is 8.18. The zero-order chi connectivity index (χ0) is 18.5. The summed E-state index contributed by atoms with van der Waals surface area (Å²) < 4.78 is 8.54. The minimum Gasteiger partial charge on any atom is -0.466 e. The number of hydrogen-bond donors (Lipinski definition) is 1. The van der Waals surface area contributed by atoms with Crippen LogP contribution in [0.15, 0.2) is 39.2 Å². The van der Waals surface area contributed by atoms with Gasteiger partial charge < -0.3 is 14.3 Å². The predicted octanol–water partition coefficient (Wildman–Crippen LogP) is 2.27. The highest BCUT2D eigenvalue weighted by Crippen LogP contribution is 2.09. The highest BCUT2D eigenvalue weighted by atomic mass is 32.1. The van der Waals surface area contributed by atoms with Gasteiger partial charge in [-0.15, -0.1) is 0 Å². The average molecular weight is 375 g/mol. The number of aromatic nitrogens is 3. The van der Waals surface area contributed by atoms with E-state index in [0.717, 1.165) is 16.7 Å². The molecule has 0 unspecified atom stereocenters. The van der Waals surface area contributed by atoms with E-state index >= 15 is 0 Å². The summed E-state index contributed by atoms with van der Waals surface area (Å²) in [6.45, 7) is 3.15. The molecule has 26 heavy (non-hydrogen) atoms. The molecule has 0 spiro atoms. The summed E-state index contributed by atoms with van der Waals surface area (Å²) in [5.41, 5.74) is 2.40. The van der Waals surface area contributed by atoms with Crippen LogP contribution >= 0.6 is 11.3 Å². The first-order valence-corrected chi connectivity index (χ1v) is 9.42. The number of thiazole rings is 1. The van der Waals surface area contributed by atoms with Crippen LogP contribution in [0.2, 0.25) is 0 Å². The summed E-state index contributed by atoms with van der Waals surface area (Å²) >= 11 is 1.17. The van der Waals surface area contributed by atoms with Gasteiger partial charge in [-0.25, -0.2) is 4.79 Å². The summed E-state index contributed by atoms with van der Waals surface area (Å²) in [6.07, 6.45) is 1.41. The number of carbonyl (C=O) groups excluding carboxylic acids is 1. The molecular formula is C18H21N3O4S. The van der Waals surface area contributed by atoms with Gasteiger partial charge in [-0.2, -0.15) is 0 Å². The van der Waals surface area contributed by atoms with E-state index in [4.69, 9.17) is 4.74 Å². The van der Waals surface area contributed by atoms with E-state index in [1.54, 1.807) is 9.13 Å². The lowest BCUT2D eigenvalue weighted by molar-refractivity contribution is -0.143. The fourth-order valence-corrected chi connectivity index (χ4v) is 3.63. The van der Waals surface area contributed by atoms with Crippen LogP contribution < -0.4 is 10.6 Å². The van der Waals surface area contributed by atoms with E-state index in [9.17, 15) is 14.4 Å². The number of rotatable bonds is 8. The number of ether oxygens (including phenoxy) is 1. The lowest BCUT2D eigenvalue weighted by atomic mass is 10.3. The van der Waals surface area contributed by atoms with Gasteiger partial charge in [0.05, 0.1) is 17.6 Å². The standard InChI is InChI=1S/C18H21N3O4S/c1-13-12-26-18(24)20(13)9-4-8-16(22)25-11-5-10-21-15-7-3-2-6-14(15)19-17(21)23/h2-3,6-7,12H,4-5,8-11H2,1H3,(H,19,23). The molecule has 0 aliphatic carbocycles. The van der Waals surface area contributed by atoms with Crippen molar-refractivity contribution < 1.29 is 9.53 Å². The Labute approximate surface area is 153 Å². The Morgan fingerprint density at radius 1 is 1.15 bits per heavy atom. The van der Waals surface area contributed by atoms with Crippen molar-refractivity contribution >= 4 is 28.3 Å². The number of nitrogens with one attached hydrogen (secondary N) is 1. The third kappa shape index (κ3) is 4.13. The van der Waals surface area contributed by atoms with E-state index in [1.165, 1.54) is 11.3 Å². The molecule has 2 aromatic heterocycles. The molecule has 7 nitrogen and oxygen atoms in total. The fourth-order valence-electron chi connectivity index (χ4n) is 2.87. The zero-order valence-electron chi connectivity index (χ0n) is 14.6. The van der Waals surface area contributed by atoms with E-state index < -0.39 is 0 Å². The zero-order valence-corrected chi connectivity index (χ0v) is 15.4. The molecule has 1 N–H and O–H groups in total. The third-order valence-electron chi connectivity index (χ3n) is 4.21. The Morgan fingerprint density at radius 2 is 1.92 bits per heavy atom. The Balaban J connectivity index is 1.41. The van der Waals surface area contributed by atoms with Crippen molar-refractivity contribution in [3.63, 3.8) is 0 Å². The monoisotopic (exact) mass is 375 g/mol. The Kier molecular flexibility index (Phi) is 5.72. The largest absolute Gasteiger partial charge is 0.466 e. The van der Waals surface area contributed by atoms with Crippen molar-refractivity contribution in [2.75, 3.05) is 6.61 Å². The van der Waals surface area contributed by atoms with Gasteiger partial charge in [0.2, 0.25) is 0 Å². The molecule has 3 rings (SSSR count). The van der Waals surface area contributed by atoms with Gasteiger partial charge in [-0.1, -0.05) is 23.5 Å². The molecule has 0 aliphatic heterocycles. The topological polar surface area (TPSA) is 86.1 Å². The second-order valence-corrected chi connectivity index (χ2v) is 6.89. The molecule has 0 bridgehead atoms. The first-order valence-electron chi connectivity index (χ1n) is 8.54. The molecule has 1 aromatic carbocycles. The third-order valence-corrected chi connectivity index (χ3v) is 5.09. The van der Waals surface area contributed by atoms with Crippen molar-refractivity contribution in [1.82, 2.24) is 14.1 Å². The number of aryl methyl sites for hydroxylation is 2. The van der Waals surface area contributed by atoms with Crippen LogP contribution in [0.3, 0.4) is 0 Å². The Bertz CT molecular complexity index is 1010. The number of H-pyrrole nitrogens is 1. The molecule has 3 aromatic rings. The average Bonchev–Trinajstić information content (AvgIpc) is 3.11. The van der Waals surface area contributed by atoms with Crippen LogP contribution in [-0.2, 0) is 22.6 Å². The Hall–Kier alpha value is -2.61. The van der Waals surface area contributed by atoms with Crippen molar-refractivity contribution in [3.8, 4) is 0 Å². The van der Waals surface area contributed by atoms with E-state index in [0.29, 0.717) is 25.9 Å². The highest BCUT2D eigenvalue weighted by molar-refractivity contribution is 7.07. The Morgan fingerprint density at radius 3 is 2.69 bits per heavy atom. The summed E-state index contributed by atoms with van der Waals surface area (Å²) in [4.78, 5) is 38.1. The molecule has 0 saturated heterocycles. The maximum atomic E-state index is 11.9. The van der Waals surface area contributed by atoms with Crippen LogP contribution in [0, 0.1) is 6.92 Å². The van der Waals surface area contributed by atoms with Gasteiger partial charge in [0.1, 0.15) is 0 Å². The number of hydrogen-bond acceptors (Lipinski definition) is 5. The molecular weight excluding hydrogens is 354 g/mol. The number of nitrogens with zero attached hydrogens (tertiary/aromatic N) is 2. The summed E-state index contributed by atoms with van der Waals surface area (Å²) in [7, 11) is 0. The number of imidazole rings is 1. The fraction of sp³-hybridized carbons (Fsp3) is 0.389. The smallest absolute Gasteiger partial charge is 0.326 e. The minimum absolute atomic E-state index is 0.0000356. The molecule has 0 saturated carbocycles. The van der Waals surface area contributed by atoms with Gasteiger partial charge >= 0.3 is 16.5 Å². The lowest BCUT2D eigenvalue weighted by Crippen LogP contribution is -2.18. The first-order chi connectivity index (χ1) is 12.6. The van der Waals surface area contributed by atoms with Crippen LogP contribution in [-0.4, -0.2) is 26.7 Å². The minimum atomic E-state index is -0.280. The van der Waals surface area contributed by atoms with Crippen molar-refractivity contribution in [2.45, 2.75) is 39.3 Å². The van der Waals surface area contributed by atoms with Crippen LogP contribution in [0.5, 0.6) is 0 Å². The van der Waals surface area contributed by atoms with Gasteiger partial charge in [0, 0.05) is 30.6 Å². The van der Waals surface area contributed by atoms with Crippen molar-refractivity contribution in [1.29, 1.82) is 0 Å². The van der Waals surface area contributed by atoms with Gasteiger partial charge in [-0.3, -0.25) is 14.2 Å². The van der Waals surface area contributed by atoms with Crippen LogP contribution in [0.25, 0.3) is 11.0 Å². The van der Waals surface area contributed by atoms with Crippen molar-refractivity contribution in [3.05, 3.63) is 55.5 Å². The van der Waals surface area contributed by atoms with Gasteiger partial charge in [-0.05, 0) is 31.9 Å². The number of aromatic amines is 1. The van der Waals surface area contributed by atoms with Crippen LogP contribution in [0.1, 0.15) is 25.0 Å².